The number of carboxylic acids is 1. The lowest BCUT2D eigenvalue weighted by molar-refractivity contribution is -0.157. The molecule has 2 atom stereocenters. The van der Waals surface area contributed by atoms with Crippen LogP contribution < -0.4 is 5.73 Å². The second-order valence-electron chi connectivity index (χ2n) is 5.71. The van der Waals surface area contributed by atoms with E-state index in [1.807, 2.05) is 6.92 Å². The molecule has 0 radical (unpaired) electrons. The van der Waals surface area contributed by atoms with Crippen molar-refractivity contribution in [1.82, 2.24) is 4.90 Å². The zero-order valence-electron chi connectivity index (χ0n) is 12.5. The third kappa shape index (κ3) is 4.16. The van der Waals surface area contributed by atoms with Gasteiger partial charge in [-0.3, -0.25) is 4.79 Å². The predicted octanol–water partition coefficient (Wildman–Crippen LogP) is -0.00570. The topological polar surface area (TPSA) is 118 Å². The van der Waals surface area contributed by atoms with Gasteiger partial charge in [0.25, 0.3) is 0 Å². The highest BCUT2D eigenvalue weighted by Crippen LogP contribution is 2.34. The largest absolute Gasteiger partial charge is 0.479 e. The molecule has 21 heavy (non-hydrogen) atoms. The summed E-state index contributed by atoms with van der Waals surface area (Å²) in [6, 6.07) is -0.978. The number of hydrogen-bond donors (Lipinski definition) is 2. The number of carbonyl (C=O) groups excluding carboxylic acids is 1. The second-order valence-corrected chi connectivity index (χ2v) is 7.96. The highest BCUT2D eigenvalue weighted by Gasteiger charge is 2.49. The summed E-state index contributed by atoms with van der Waals surface area (Å²) >= 11 is 0. The van der Waals surface area contributed by atoms with Crippen LogP contribution in [0.2, 0.25) is 0 Å². The SMILES string of the molecule is CCCC1(C(=O)O)CCCN1C(=O)C(N)CCS(C)(=O)=O. The lowest BCUT2D eigenvalue weighted by Crippen LogP contribution is -2.57. The van der Waals surface area contributed by atoms with Crippen molar-refractivity contribution in [2.75, 3.05) is 18.6 Å². The number of nitrogens with zero attached hydrogens (tertiary/aromatic N) is 1. The van der Waals surface area contributed by atoms with Gasteiger partial charge >= 0.3 is 5.97 Å². The first-order valence-electron chi connectivity index (χ1n) is 7.12. The molecule has 0 aliphatic carbocycles. The number of likely N-dealkylation sites (tertiary alicyclic amines) is 1. The highest BCUT2D eigenvalue weighted by atomic mass is 32.2. The van der Waals surface area contributed by atoms with E-state index in [0.29, 0.717) is 32.2 Å². The van der Waals surface area contributed by atoms with Crippen molar-refractivity contribution in [2.45, 2.75) is 50.6 Å². The van der Waals surface area contributed by atoms with Crippen LogP contribution >= 0.6 is 0 Å². The highest BCUT2D eigenvalue weighted by molar-refractivity contribution is 7.90. The van der Waals surface area contributed by atoms with Gasteiger partial charge in [0.05, 0.1) is 11.8 Å². The Bertz CT molecular complexity index is 505. The lowest BCUT2D eigenvalue weighted by atomic mass is 9.90. The maximum absolute atomic E-state index is 12.4. The summed E-state index contributed by atoms with van der Waals surface area (Å²) in [6.45, 7) is 2.23. The summed E-state index contributed by atoms with van der Waals surface area (Å²) in [5, 5.41) is 9.52. The van der Waals surface area contributed by atoms with Gasteiger partial charge in [0.1, 0.15) is 15.4 Å². The van der Waals surface area contributed by atoms with Gasteiger partial charge in [-0.2, -0.15) is 0 Å². The van der Waals surface area contributed by atoms with Gasteiger partial charge in [-0.25, -0.2) is 13.2 Å². The molecule has 8 heteroatoms. The first kappa shape index (κ1) is 17.9. The maximum atomic E-state index is 12.4. The molecule has 1 heterocycles. The molecule has 0 aromatic rings. The molecule has 3 N–H and O–H groups in total. The van der Waals surface area contributed by atoms with Crippen LogP contribution in [0.1, 0.15) is 39.0 Å². The molecule has 2 unspecified atom stereocenters. The van der Waals surface area contributed by atoms with Crippen molar-refractivity contribution >= 4 is 21.7 Å². The quantitative estimate of drug-likeness (QED) is 0.681. The number of amides is 1. The van der Waals surface area contributed by atoms with E-state index in [4.69, 9.17) is 5.73 Å². The van der Waals surface area contributed by atoms with Crippen LogP contribution in [0, 0.1) is 0 Å². The molecule has 0 spiro atoms. The minimum Gasteiger partial charge on any atom is -0.479 e. The van der Waals surface area contributed by atoms with Crippen LogP contribution in [0.15, 0.2) is 0 Å². The van der Waals surface area contributed by atoms with Gasteiger partial charge in [0.15, 0.2) is 0 Å². The Labute approximate surface area is 125 Å². The Hall–Kier alpha value is -1.15. The summed E-state index contributed by atoms with van der Waals surface area (Å²) in [6.07, 6.45) is 3.16. The third-order valence-corrected chi connectivity index (χ3v) is 4.91. The van der Waals surface area contributed by atoms with Gasteiger partial charge in [-0.05, 0) is 25.7 Å². The summed E-state index contributed by atoms with van der Waals surface area (Å²) < 4.78 is 22.3. The van der Waals surface area contributed by atoms with Crippen molar-refractivity contribution in [3.63, 3.8) is 0 Å². The zero-order valence-corrected chi connectivity index (χ0v) is 13.4. The Morgan fingerprint density at radius 1 is 1.43 bits per heavy atom. The number of sulfone groups is 1. The summed E-state index contributed by atoms with van der Waals surface area (Å²) in [7, 11) is -3.20. The number of rotatable bonds is 7. The van der Waals surface area contributed by atoms with Gasteiger partial charge < -0.3 is 15.7 Å². The van der Waals surface area contributed by atoms with E-state index in [9.17, 15) is 23.1 Å². The third-order valence-electron chi connectivity index (χ3n) is 3.93. The van der Waals surface area contributed by atoms with Crippen molar-refractivity contribution in [3.05, 3.63) is 0 Å². The molecule has 0 aromatic heterocycles. The Kier molecular flexibility index (Phi) is 5.75. The van der Waals surface area contributed by atoms with E-state index in [0.717, 1.165) is 6.26 Å². The summed E-state index contributed by atoms with van der Waals surface area (Å²) in [4.78, 5) is 25.4. The van der Waals surface area contributed by atoms with Crippen LogP contribution in [-0.4, -0.2) is 60.4 Å². The Morgan fingerprint density at radius 3 is 2.52 bits per heavy atom. The van der Waals surface area contributed by atoms with E-state index >= 15 is 0 Å². The fraction of sp³-hybridized carbons (Fsp3) is 0.846. The molecular formula is C13H24N2O5S. The normalized spacial score (nSPS) is 24.0. The number of nitrogens with two attached hydrogens (primary N) is 1. The molecule has 1 amide bonds. The molecule has 1 aliphatic heterocycles. The number of carbonyl (C=O) groups is 2. The Balaban J connectivity index is 2.86. The lowest BCUT2D eigenvalue weighted by Gasteiger charge is -2.36. The zero-order chi connectivity index (χ0) is 16.3. The molecule has 7 nitrogen and oxygen atoms in total. The van der Waals surface area contributed by atoms with E-state index in [2.05, 4.69) is 0 Å². The van der Waals surface area contributed by atoms with Gasteiger partial charge in [0, 0.05) is 12.8 Å². The summed E-state index contributed by atoms with van der Waals surface area (Å²) in [5.74, 6) is -1.65. The van der Waals surface area contributed by atoms with Crippen LogP contribution in [0.3, 0.4) is 0 Å². The molecule has 1 fully saturated rings. The standard InChI is InChI=1S/C13H24N2O5S/c1-3-6-13(12(17)18)7-4-8-15(13)11(16)10(14)5-9-21(2,19)20/h10H,3-9,14H2,1-2H3,(H,17,18). The van der Waals surface area contributed by atoms with Gasteiger partial charge in [-0.1, -0.05) is 13.3 Å². The summed E-state index contributed by atoms with van der Waals surface area (Å²) in [5.41, 5.74) is 4.59. The van der Waals surface area contributed by atoms with Crippen molar-refractivity contribution in [1.29, 1.82) is 0 Å². The molecule has 1 saturated heterocycles. The smallest absolute Gasteiger partial charge is 0.329 e. The molecular weight excluding hydrogens is 296 g/mol. The molecule has 0 saturated carbocycles. The monoisotopic (exact) mass is 320 g/mol. The van der Waals surface area contributed by atoms with Gasteiger partial charge in [-0.15, -0.1) is 0 Å². The first-order chi connectivity index (χ1) is 9.64. The van der Waals surface area contributed by atoms with Crippen LogP contribution in [0.4, 0.5) is 0 Å². The van der Waals surface area contributed by atoms with E-state index < -0.39 is 33.3 Å². The average molecular weight is 320 g/mol. The number of carboxylic acid groups (broad SMARTS) is 1. The van der Waals surface area contributed by atoms with E-state index in [1.54, 1.807) is 0 Å². The van der Waals surface area contributed by atoms with Crippen LogP contribution in [-0.2, 0) is 19.4 Å². The number of aliphatic carboxylic acids is 1. The molecule has 1 aliphatic rings. The van der Waals surface area contributed by atoms with Crippen LogP contribution in [0.5, 0.6) is 0 Å². The Morgan fingerprint density at radius 2 is 2.05 bits per heavy atom. The van der Waals surface area contributed by atoms with Crippen molar-refractivity contribution < 1.29 is 23.1 Å². The minimum atomic E-state index is -3.20. The first-order valence-corrected chi connectivity index (χ1v) is 9.18. The van der Waals surface area contributed by atoms with Crippen LogP contribution in [0.25, 0.3) is 0 Å². The second kappa shape index (κ2) is 6.74. The average Bonchev–Trinajstić information content (AvgIpc) is 2.79. The predicted molar refractivity (Wildman–Crippen MR) is 78.5 cm³/mol. The molecule has 1 rings (SSSR count). The van der Waals surface area contributed by atoms with Crippen molar-refractivity contribution in [2.24, 2.45) is 5.73 Å². The van der Waals surface area contributed by atoms with E-state index in [-0.39, 0.29) is 12.2 Å². The molecule has 0 bridgehead atoms. The fourth-order valence-corrected chi connectivity index (χ4v) is 3.55. The molecule has 0 aromatic carbocycles. The number of hydrogen-bond acceptors (Lipinski definition) is 5. The van der Waals surface area contributed by atoms with Crippen molar-refractivity contribution in [3.8, 4) is 0 Å². The fourth-order valence-electron chi connectivity index (χ4n) is 2.87. The van der Waals surface area contributed by atoms with E-state index in [1.165, 1.54) is 4.90 Å². The molecule has 122 valence electrons. The maximum Gasteiger partial charge on any atom is 0.329 e. The minimum absolute atomic E-state index is 0.00991. The van der Waals surface area contributed by atoms with Gasteiger partial charge in [0.2, 0.25) is 5.91 Å².